The smallest absolute Gasteiger partial charge is 0.204 e. The second kappa shape index (κ2) is 6.96. The van der Waals surface area contributed by atoms with Gasteiger partial charge in [-0.1, -0.05) is 42.0 Å². The largest absolute Gasteiger partial charge is 0.504 e. The molecule has 0 atom stereocenters. The van der Waals surface area contributed by atoms with Gasteiger partial charge in [-0.15, -0.1) is 0 Å². The molecule has 0 aliphatic heterocycles. The number of allylic oxidation sites excluding steroid dienone is 2. The molecule has 0 spiro atoms. The fourth-order valence-electron chi connectivity index (χ4n) is 2.83. The van der Waals surface area contributed by atoms with Gasteiger partial charge in [0.1, 0.15) is 16.7 Å². The van der Waals surface area contributed by atoms with Crippen molar-refractivity contribution in [3.05, 3.63) is 63.8 Å². The molecule has 0 radical (unpaired) electrons. The van der Waals surface area contributed by atoms with Gasteiger partial charge >= 0.3 is 0 Å². The van der Waals surface area contributed by atoms with E-state index in [4.69, 9.17) is 9.15 Å². The molecule has 1 heterocycles. The van der Waals surface area contributed by atoms with Gasteiger partial charge < -0.3 is 19.4 Å². The lowest BCUT2D eigenvalue weighted by molar-refractivity contribution is 0.344. The average molecular weight is 352 g/mol. The number of rotatable bonds is 4. The minimum absolute atomic E-state index is 0.00325. The molecule has 5 nitrogen and oxygen atoms in total. The Bertz CT molecular complexity index is 1040. The first-order valence-electron chi connectivity index (χ1n) is 8.21. The number of hydrogen-bond acceptors (Lipinski definition) is 5. The highest BCUT2D eigenvalue weighted by Gasteiger charge is 2.23. The number of ether oxygens (including phenoxy) is 1. The Morgan fingerprint density at radius 3 is 2.46 bits per heavy atom. The van der Waals surface area contributed by atoms with Crippen LogP contribution in [0, 0.1) is 0 Å². The number of benzene rings is 2. The summed E-state index contributed by atoms with van der Waals surface area (Å²) in [5, 5.41) is 21.0. The maximum absolute atomic E-state index is 12.7. The van der Waals surface area contributed by atoms with E-state index >= 15 is 0 Å². The summed E-state index contributed by atoms with van der Waals surface area (Å²) >= 11 is 0. The van der Waals surface area contributed by atoms with Crippen molar-refractivity contribution in [3.63, 3.8) is 0 Å². The fraction of sp³-hybridized carbons (Fsp3) is 0.190. The molecule has 2 N–H and O–H groups in total. The van der Waals surface area contributed by atoms with Crippen LogP contribution in [0.15, 0.2) is 57.3 Å². The molecule has 5 heteroatoms. The Balaban J connectivity index is 2.39. The molecule has 3 aromatic rings. The molecule has 0 saturated heterocycles. The second-order valence-corrected chi connectivity index (χ2v) is 6.24. The number of phenolic OH excluding ortho intramolecular Hbond substituents is 2. The van der Waals surface area contributed by atoms with Crippen molar-refractivity contribution in [1.82, 2.24) is 0 Å². The molecular weight excluding hydrogens is 332 g/mol. The van der Waals surface area contributed by atoms with Crippen LogP contribution in [-0.4, -0.2) is 17.3 Å². The zero-order chi connectivity index (χ0) is 18.8. The Morgan fingerprint density at radius 1 is 1.15 bits per heavy atom. The van der Waals surface area contributed by atoms with E-state index in [1.807, 2.05) is 50.3 Å². The van der Waals surface area contributed by atoms with E-state index in [2.05, 4.69) is 0 Å². The fourth-order valence-corrected chi connectivity index (χ4v) is 2.83. The molecule has 0 fully saturated rings. The molecule has 26 heavy (non-hydrogen) atoms. The Morgan fingerprint density at radius 2 is 1.85 bits per heavy atom. The van der Waals surface area contributed by atoms with Crippen molar-refractivity contribution in [3.8, 4) is 28.6 Å². The molecule has 0 saturated carbocycles. The summed E-state index contributed by atoms with van der Waals surface area (Å²) < 4.78 is 11.0. The SMILES string of the molecule is COc1c(O)c(CC=C(C)C)c2oc(-c3ccccc3)cc(=O)c2c1O. The average Bonchev–Trinajstić information content (AvgIpc) is 2.62. The summed E-state index contributed by atoms with van der Waals surface area (Å²) in [5.41, 5.74) is 1.93. The number of hydrogen-bond donors (Lipinski definition) is 2. The molecule has 0 unspecified atom stereocenters. The van der Waals surface area contributed by atoms with E-state index in [0.29, 0.717) is 17.7 Å². The number of aromatic hydroxyl groups is 2. The third kappa shape index (κ3) is 3.04. The minimum atomic E-state index is -0.422. The molecule has 1 aromatic heterocycles. The van der Waals surface area contributed by atoms with Crippen LogP contribution in [0.1, 0.15) is 19.4 Å². The summed E-state index contributed by atoms with van der Waals surface area (Å²) in [6.07, 6.45) is 2.24. The van der Waals surface area contributed by atoms with Crippen molar-refractivity contribution in [1.29, 1.82) is 0 Å². The molecule has 3 rings (SSSR count). The van der Waals surface area contributed by atoms with Gasteiger partial charge in [0.15, 0.2) is 16.9 Å². The molecule has 0 aliphatic rings. The van der Waals surface area contributed by atoms with E-state index in [1.54, 1.807) is 0 Å². The summed E-state index contributed by atoms with van der Waals surface area (Å²) in [6.45, 7) is 3.87. The standard InChI is InChI=1S/C21H20O5/c1-12(2)9-10-14-18(23)21(25-3)19(24)17-15(22)11-16(26-20(14)17)13-7-5-4-6-8-13/h4-9,11,23-24H,10H2,1-3H3. The van der Waals surface area contributed by atoms with Crippen LogP contribution in [0.5, 0.6) is 17.2 Å². The Hall–Kier alpha value is -3.21. The minimum Gasteiger partial charge on any atom is -0.504 e. The van der Waals surface area contributed by atoms with Crippen molar-refractivity contribution in [2.24, 2.45) is 0 Å². The summed E-state index contributed by atoms with van der Waals surface area (Å²) in [6, 6.07) is 10.5. The van der Waals surface area contributed by atoms with E-state index < -0.39 is 11.2 Å². The maximum atomic E-state index is 12.7. The number of phenols is 2. The predicted molar refractivity (Wildman–Crippen MR) is 101 cm³/mol. The molecule has 0 aliphatic carbocycles. The molecule has 2 aromatic carbocycles. The first-order valence-corrected chi connectivity index (χ1v) is 8.21. The molecule has 134 valence electrons. The molecule has 0 bridgehead atoms. The van der Waals surface area contributed by atoms with E-state index in [0.717, 1.165) is 11.1 Å². The zero-order valence-corrected chi connectivity index (χ0v) is 14.9. The summed E-state index contributed by atoms with van der Waals surface area (Å²) in [5.74, 6) is -0.419. The quantitative estimate of drug-likeness (QED) is 0.681. The van der Waals surface area contributed by atoms with Gasteiger partial charge in [0.25, 0.3) is 0 Å². The van der Waals surface area contributed by atoms with E-state index in [-0.39, 0.29) is 22.5 Å². The molecular formula is C21H20O5. The van der Waals surface area contributed by atoms with Crippen LogP contribution in [0.2, 0.25) is 0 Å². The summed E-state index contributed by atoms with van der Waals surface area (Å²) in [7, 11) is 1.32. The third-order valence-electron chi connectivity index (χ3n) is 4.15. The Labute approximate surface area is 150 Å². The highest BCUT2D eigenvalue weighted by Crippen LogP contribution is 2.45. The summed E-state index contributed by atoms with van der Waals surface area (Å²) in [4.78, 5) is 12.7. The Kier molecular flexibility index (Phi) is 4.71. The van der Waals surface area contributed by atoms with Crippen LogP contribution in [0.25, 0.3) is 22.3 Å². The van der Waals surface area contributed by atoms with Gasteiger partial charge in [0.2, 0.25) is 5.75 Å². The van der Waals surface area contributed by atoms with Crippen LogP contribution in [0.3, 0.4) is 0 Å². The van der Waals surface area contributed by atoms with Crippen LogP contribution >= 0.6 is 0 Å². The maximum Gasteiger partial charge on any atom is 0.204 e. The van der Waals surface area contributed by atoms with Crippen molar-refractivity contribution < 1.29 is 19.4 Å². The first-order chi connectivity index (χ1) is 12.4. The lowest BCUT2D eigenvalue weighted by Gasteiger charge is -2.14. The van der Waals surface area contributed by atoms with Gasteiger partial charge in [-0.3, -0.25) is 4.79 Å². The highest BCUT2D eigenvalue weighted by atomic mass is 16.5. The third-order valence-corrected chi connectivity index (χ3v) is 4.15. The first kappa shape index (κ1) is 17.6. The zero-order valence-electron chi connectivity index (χ0n) is 14.9. The van der Waals surface area contributed by atoms with Crippen LogP contribution < -0.4 is 10.2 Å². The van der Waals surface area contributed by atoms with Crippen LogP contribution in [0.4, 0.5) is 0 Å². The second-order valence-electron chi connectivity index (χ2n) is 6.24. The molecule has 0 amide bonds. The van der Waals surface area contributed by atoms with Gasteiger partial charge in [0.05, 0.1) is 7.11 Å². The lowest BCUT2D eigenvalue weighted by atomic mass is 10.0. The normalized spacial score (nSPS) is 10.7. The topological polar surface area (TPSA) is 79.9 Å². The number of methoxy groups -OCH3 is 1. The lowest BCUT2D eigenvalue weighted by Crippen LogP contribution is -2.04. The van der Waals surface area contributed by atoms with Gasteiger partial charge in [-0.05, 0) is 20.3 Å². The number of fused-ring (bicyclic) bond motifs is 1. The van der Waals surface area contributed by atoms with Crippen molar-refractivity contribution in [2.75, 3.05) is 7.11 Å². The monoisotopic (exact) mass is 352 g/mol. The van der Waals surface area contributed by atoms with Crippen LogP contribution in [-0.2, 0) is 6.42 Å². The van der Waals surface area contributed by atoms with Crippen molar-refractivity contribution in [2.45, 2.75) is 20.3 Å². The van der Waals surface area contributed by atoms with E-state index in [1.165, 1.54) is 13.2 Å². The predicted octanol–water partition coefficient (Wildman–Crippen LogP) is 4.39. The van der Waals surface area contributed by atoms with Gasteiger partial charge in [0, 0.05) is 17.2 Å². The van der Waals surface area contributed by atoms with Gasteiger partial charge in [-0.25, -0.2) is 0 Å². The highest BCUT2D eigenvalue weighted by molar-refractivity contribution is 5.92. The van der Waals surface area contributed by atoms with E-state index in [9.17, 15) is 15.0 Å². The van der Waals surface area contributed by atoms with Crippen molar-refractivity contribution >= 4 is 11.0 Å². The van der Waals surface area contributed by atoms with Gasteiger partial charge in [-0.2, -0.15) is 0 Å².